The molecule has 1 amide bonds. The van der Waals surface area contributed by atoms with E-state index in [4.69, 9.17) is 4.74 Å². The van der Waals surface area contributed by atoms with Crippen LogP contribution in [0.2, 0.25) is 0 Å². The monoisotopic (exact) mass is 325 g/mol. The third-order valence-corrected chi connectivity index (χ3v) is 4.55. The van der Waals surface area contributed by atoms with E-state index in [1.807, 2.05) is 29.2 Å². The quantitative estimate of drug-likeness (QED) is 0.865. The number of fused-ring (bicyclic) bond motifs is 1. The molecule has 0 atom stereocenters. The van der Waals surface area contributed by atoms with E-state index in [0.717, 1.165) is 55.1 Å². The van der Waals surface area contributed by atoms with Gasteiger partial charge in [-0.25, -0.2) is 9.97 Å². The summed E-state index contributed by atoms with van der Waals surface area (Å²) in [5.41, 5.74) is 4.42. The first-order valence-electron chi connectivity index (χ1n) is 8.43. The average molecular weight is 325 g/mol. The van der Waals surface area contributed by atoms with Crippen LogP contribution < -0.4 is 4.74 Å². The highest BCUT2D eigenvalue weighted by molar-refractivity contribution is 5.79. The number of amides is 1. The molecule has 0 bridgehead atoms. The zero-order valence-electron chi connectivity index (χ0n) is 14.3. The largest absolute Gasteiger partial charge is 0.497 e. The second kappa shape index (κ2) is 7.43. The molecule has 0 radical (unpaired) electrons. The Hall–Kier alpha value is -2.43. The summed E-state index contributed by atoms with van der Waals surface area (Å²) in [4.78, 5) is 23.4. The second-order valence-corrected chi connectivity index (χ2v) is 6.01. The van der Waals surface area contributed by atoms with Gasteiger partial charge in [0.15, 0.2) is 0 Å². The summed E-state index contributed by atoms with van der Waals surface area (Å²) in [7, 11) is 1.64. The SMILES string of the molecule is CCc1ncnc2c1CCN(C(=O)Cc1cccc(OC)c1)CC2. The molecule has 0 saturated carbocycles. The molecule has 3 rings (SSSR count). The van der Waals surface area contributed by atoms with Gasteiger partial charge in [-0.15, -0.1) is 0 Å². The molecule has 5 heteroatoms. The fraction of sp³-hybridized carbons (Fsp3) is 0.421. The van der Waals surface area contributed by atoms with Crippen LogP contribution in [-0.2, 0) is 30.5 Å². The third-order valence-electron chi connectivity index (χ3n) is 4.55. The predicted octanol–water partition coefficient (Wildman–Crippen LogP) is 2.22. The number of nitrogens with zero attached hydrogens (tertiary/aromatic N) is 3. The number of hydrogen-bond acceptors (Lipinski definition) is 4. The van der Waals surface area contributed by atoms with E-state index in [1.54, 1.807) is 13.4 Å². The van der Waals surface area contributed by atoms with Gasteiger partial charge in [-0.3, -0.25) is 4.79 Å². The lowest BCUT2D eigenvalue weighted by Crippen LogP contribution is -2.34. The molecule has 24 heavy (non-hydrogen) atoms. The smallest absolute Gasteiger partial charge is 0.227 e. The first-order valence-corrected chi connectivity index (χ1v) is 8.43. The standard InChI is InChI=1S/C19H23N3O2/c1-3-17-16-7-9-22(10-8-18(16)21-13-20-17)19(23)12-14-5-4-6-15(11-14)24-2/h4-6,11,13H,3,7-10,12H2,1-2H3. The highest BCUT2D eigenvalue weighted by atomic mass is 16.5. The normalized spacial score (nSPS) is 14.0. The van der Waals surface area contributed by atoms with Gasteiger partial charge in [0.25, 0.3) is 0 Å². The number of aryl methyl sites for hydroxylation is 1. The Kier molecular flexibility index (Phi) is 5.08. The second-order valence-electron chi connectivity index (χ2n) is 6.01. The molecule has 2 aromatic rings. The maximum Gasteiger partial charge on any atom is 0.227 e. The van der Waals surface area contributed by atoms with Crippen molar-refractivity contribution < 1.29 is 9.53 Å². The highest BCUT2D eigenvalue weighted by Crippen LogP contribution is 2.18. The molecule has 1 aliphatic rings. The summed E-state index contributed by atoms with van der Waals surface area (Å²) in [6.07, 6.45) is 4.59. The van der Waals surface area contributed by atoms with Crippen molar-refractivity contribution in [1.29, 1.82) is 0 Å². The molecule has 0 saturated heterocycles. The number of carbonyl (C=O) groups is 1. The van der Waals surface area contributed by atoms with Gasteiger partial charge in [-0.05, 0) is 36.1 Å². The summed E-state index contributed by atoms with van der Waals surface area (Å²) in [6, 6.07) is 7.70. The van der Waals surface area contributed by atoms with Gasteiger partial charge < -0.3 is 9.64 Å². The molecule has 0 unspecified atom stereocenters. The summed E-state index contributed by atoms with van der Waals surface area (Å²) < 4.78 is 5.23. The fourth-order valence-electron chi connectivity index (χ4n) is 3.22. The summed E-state index contributed by atoms with van der Waals surface area (Å²) in [6.45, 7) is 3.56. The van der Waals surface area contributed by atoms with Crippen LogP contribution in [0.5, 0.6) is 5.75 Å². The van der Waals surface area contributed by atoms with Crippen LogP contribution in [-0.4, -0.2) is 41.0 Å². The lowest BCUT2D eigenvalue weighted by molar-refractivity contribution is -0.130. The molecule has 1 aromatic carbocycles. The van der Waals surface area contributed by atoms with Crippen LogP contribution in [0.3, 0.4) is 0 Å². The first kappa shape index (κ1) is 16.4. The van der Waals surface area contributed by atoms with Crippen molar-refractivity contribution in [3.8, 4) is 5.75 Å². The number of methoxy groups -OCH3 is 1. The van der Waals surface area contributed by atoms with E-state index < -0.39 is 0 Å². The Labute approximate surface area is 142 Å². The van der Waals surface area contributed by atoms with Crippen molar-refractivity contribution in [2.45, 2.75) is 32.6 Å². The minimum atomic E-state index is 0.155. The third kappa shape index (κ3) is 3.55. The van der Waals surface area contributed by atoms with Crippen molar-refractivity contribution in [3.63, 3.8) is 0 Å². The summed E-state index contributed by atoms with van der Waals surface area (Å²) >= 11 is 0. The van der Waals surface area contributed by atoms with Crippen LogP contribution in [0, 0.1) is 0 Å². The lowest BCUT2D eigenvalue weighted by Gasteiger charge is -2.20. The molecule has 5 nitrogen and oxygen atoms in total. The molecule has 2 heterocycles. The molecular formula is C19H23N3O2. The minimum absolute atomic E-state index is 0.155. The number of benzene rings is 1. The van der Waals surface area contributed by atoms with Gasteiger partial charge in [0, 0.05) is 30.9 Å². The Balaban J connectivity index is 1.69. The topological polar surface area (TPSA) is 55.3 Å². The lowest BCUT2D eigenvalue weighted by atomic mass is 10.1. The number of ether oxygens (including phenoxy) is 1. The van der Waals surface area contributed by atoms with E-state index in [-0.39, 0.29) is 5.91 Å². The van der Waals surface area contributed by atoms with Crippen LogP contribution in [0.1, 0.15) is 29.4 Å². The van der Waals surface area contributed by atoms with Crippen LogP contribution in [0.25, 0.3) is 0 Å². The molecular weight excluding hydrogens is 302 g/mol. The maximum absolute atomic E-state index is 12.7. The van der Waals surface area contributed by atoms with Crippen molar-refractivity contribution in [3.05, 3.63) is 53.1 Å². The fourth-order valence-corrected chi connectivity index (χ4v) is 3.22. The number of carbonyl (C=O) groups excluding carboxylic acids is 1. The first-order chi connectivity index (χ1) is 11.7. The maximum atomic E-state index is 12.7. The zero-order valence-corrected chi connectivity index (χ0v) is 14.3. The number of hydrogen-bond donors (Lipinski definition) is 0. The Morgan fingerprint density at radius 2 is 2.08 bits per heavy atom. The zero-order chi connectivity index (χ0) is 16.9. The Morgan fingerprint density at radius 3 is 2.88 bits per heavy atom. The Bertz CT molecular complexity index is 730. The molecule has 1 aromatic heterocycles. The van der Waals surface area contributed by atoms with E-state index in [1.165, 1.54) is 5.56 Å². The van der Waals surface area contributed by atoms with Gasteiger partial charge in [0.2, 0.25) is 5.91 Å². The molecule has 0 aliphatic carbocycles. The van der Waals surface area contributed by atoms with Gasteiger partial charge in [0.1, 0.15) is 12.1 Å². The molecule has 0 spiro atoms. The average Bonchev–Trinajstić information content (AvgIpc) is 2.84. The molecule has 126 valence electrons. The van der Waals surface area contributed by atoms with Gasteiger partial charge in [0.05, 0.1) is 13.5 Å². The van der Waals surface area contributed by atoms with Crippen molar-refractivity contribution in [1.82, 2.24) is 14.9 Å². The number of rotatable bonds is 4. The van der Waals surface area contributed by atoms with Crippen molar-refractivity contribution in [2.24, 2.45) is 0 Å². The Morgan fingerprint density at radius 1 is 1.25 bits per heavy atom. The minimum Gasteiger partial charge on any atom is -0.497 e. The van der Waals surface area contributed by atoms with E-state index in [9.17, 15) is 4.79 Å². The van der Waals surface area contributed by atoms with Crippen molar-refractivity contribution in [2.75, 3.05) is 20.2 Å². The summed E-state index contributed by atoms with van der Waals surface area (Å²) in [5.74, 6) is 0.938. The van der Waals surface area contributed by atoms with E-state index in [0.29, 0.717) is 6.42 Å². The van der Waals surface area contributed by atoms with E-state index in [2.05, 4.69) is 16.9 Å². The molecule has 1 aliphatic heterocycles. The van der Waals surface area contributed by atoms with Gasteiger partial charge in [-0.1, -0.05) is 19.1 Å². The van der Waals surface area contributed by atoms with Crippen molar-refractivity contribution >= 4 is 5.91 Å². The number of aromatic nitrogens is 2. The van der Waals surface area contributed by atoms with Gasteiger partial charge in [-0.2, -0.15) is 0 Å². The molecule has 0 N–H and O–H groups in total. The summed E-state index contributed by atoms with van der Waals surface area (Å²) in [5, 5.41) is 0. The van der Waals surface area contributed by atoms with Crippen LogP contribution >= 0.6 is 0 Å². The molecule has 0 fully saturated rings. The van der Waals surface area contributed by atoms with Crippen LogP contribution in [0.4, 0.5) is 0 Å². The van der Waals surface area contributed by atoms with Crippen LogP contribution in [0.15, 0.2) is 30.6 Å². The van der Waals surface area contributed by atoms with Gasteiger partial charge >= 0.3 is 0 Å². The van der Waals surface area contributed by atoms with E-state index >= 15 is 0 Å². The highest BCUT2D eigenvalue weighted by Gasteiger charge is 2.21. The predicted molar refractivity (Wildman–Crippen MR) is 92.1 cm³/mol.